The Kier molecular flexibility index (Phi) is 6.36. The number of carbonyl (C=O) groups is 2. The topological polar surface area (TPSA) is 55.4 Å². The van der Waals surface area contributed by atoms with Crippen molar-refractivity contribution in [3.8, 4) is 0 Å². The van der Waals surface area contributed by atoms with E-state index >= 15 is 0 Å². The van der Waals surface area contributed by atoms with E-state index in [1.165, 1.54) is 6.08 Å². The summed E-state index contributed by atoms with van der Waals surface area (Å²) in [5, 5.41) is 2.68. The third kappa shape index (κ3) is 5.38. The standard InChI is InChI=1S/C15H19NO3/c1-3-10-19-15(18)13(16-14(17)4-2)11-12-8-6-5-7-9-12/h3,5-9,13H,1,4,10-11H2,2H3,(H,16,17)/t13-/m0/s1. The summed E-state index contributed by atoms with van der Waals surface area (Å²) in [5.74, 6) is -0.609. The van der Waals surface area contributed by atoms with E-state index in [1.54, 1.807) is 6.92 Å². The zero-order chi connectivity index (χ0) is 14.1. The van der Waals surface area contributed by atoms with Gasteiger partial charge in [0, 0.05) is 12.8 Å². The molecule has 0 unspecified atom stereocenters. The Morgan fingerprint density at radius 1 is 1.37 bits per heavy atom. The molecule has 0 fully saturated rings. The van der Waals surface area contributed by atoms with Crippen molar-refractivity contribution in [1.29, 1.82) is 0 Å². The molecule has 4 heteroatoms. The number of benzene rings is 1. The van der Waals surface area contributed by atoms with Crippen LogP contribution < -0.4 is 5.32 Å². The highest BCUT2D eigenvalue weighted by Gasteiger charge is 2.21. The summed E-state index contributed by atoms with van der Waals surface area (Å²) >= 11 is 0. The highest BCUT2D eigenvalue weighted by atomic mass is 16.5. The molecule has 0 radical (unpaired) electrons. The molecule has 0 saturated carbocycles. The molecule has 0 aliphatic heterocycles. The lowest BCUT2D eigenvalue weighted by atomic mass is 10.1. The van der Waals surface area contributed by atoms with Gasteiger partial charge in [0.25, 0.3) is 0 Å². The van der Waals surface area contributed by atoms with Gasteiger partial charge in [0.05, 0.1) is 0 Å². The van der Waals surface area contributed by atoms with Crippen molar-refractivity contribution in [2.75, 3.05) is 6.61 Å². The molecule has 1 amide bonds. The molecule has 0 aliphatic carbocycles. The van der Waals surface area contributed by atoms with Crippen LogP contribution in [0.25, 0.3) is 0 Å². The van der Waals surface area contributed by atoms with Crippen molar-refractivity contribution in [3.05, 3.63) is 48.6 Å². The van der Waals surface area contributed by atoms with Gasteiger partial charge < -0.3 is 10.1 Å². The number of amides is 1. The Morgan fingerprint density at radius 3 is 2.63 bits per heavy atom. The van der Waals surface area contributed by atoms with Gasteiger partial charge in [0.1, 0.15) is 12.6 Å². The predicted molar refractivity (Wildman–Crippen MR) is 73.5 cm³/mol. The maximum atomic E-state index is 11.9. The summed E-state index contributed by atoms with van der Waals surface area (Å²) in [6, 6.07) is 8.85. The van der Waals surface area contributed by atoms with E-state index in [1.807, 2.05) is 30.3 Å². The quantitative estimate of drug-likeness (QED) is 0.602. The number of hydrogen-bond acceptors (Lipinski definition) is 3. The number of rotatable bonds is 7. The Hall–Kier alpha value is -2.10. The van der Waals surface area contributed by atoms with Crippen LogP contribution in [-0.2, 0) is 20.7 Å². The molecular weight excluding hydrogens is 242 g/mol. The highest BCUT2D eigenvalue weighted by Crippen LogP contribution is 2.05. The molecule has 0 heterocycles. The maximum Gasteiger partial charge on any atom is 0.329 e. The summed E-state index contributed by atoms with van der Waals surface area (Å²) in [6.07, 6.45) is 2.25. The summed E-state index contributed by atoms with van der Waals surface area (Å²) in [5.41, 5.74) is 0.972. The fourth-order valence-corrected chi connectivity index (χ4v) is 1.58. The summed E-state index contributed by atoms with van der Waals surface area (Å²) < 4.78 is 5.00. The van der Waals surface area contributed by atoms with Crippen LogP contribution in [0.15, 0.2) is 43.0 Å². The van der Waals surface area contributed by atoms with Gasteiger partial charge in [-0.1, -0.05) is 49.9 Å². The predicted octanol–water partition coefficient (Wildman–Crippen LogP) is 1.85. The fourth-order valence-electron chi connectivity index (χ4n) is 1.58. The van der Waals surface area contributed by atoms with Gasteiger partial charge in [-0.15, -0.1) is 0 Å². The molecule has 0 aromatic heterocycles. The van der Waals surface area contributed by atoms with Crippen molar-refractivity contribution < 1.29 is 14.3 Å². The van der Waals surface area contributed by atoms with Gasteiger partial charge in [-0.25, -0.2) is 4.79 Å². The van der Waals surface area contributed by atoms with E-state index in [2.05, 4.69) is 11.9 Å². The van der Waals surface area contributed by atoms with E-state index in [0.717, 1.165) is 5.56 Å². The molecular formula is C15H19NO3. The van der Waals surface area contributed by atoms with Gasteiger partial charge in [-0.05, 0) is 5.56 Å². The molecule has 0 spiro atoms. The summed E-state index contributed by atoms with van der Waals surface area (Å²) in [4.78, 5) is 23.3. The number of esters is 1. The highest BCUT2D eigenvalue weighted by molar-refractivity contribution is 5.84. The number of hydrogen-bond donors (Lipinski definition) is 1. The normalized spacial score (nSPS) is 11.4. The lowest BCUT2D eigenvalue weighted by Gasteiger charge is -2.17. The third-order valence-electron chi connectivity index (χ3n) is 2.57. The minimum Gasteiger partial charge on any atom is -0.460 e. The van der Waals surface area contributed by atoms with Crippen molar-refractivity contribution in [3.63, 3.8) is 0 Å². The molecule has 4 nitrogen and oxygen atoms in total. The van der Waals surface area contributed by atoms with Gasteiger partial charge in [-0.3, -0.25) is 4.79 Å². The Bertz CT molecular complexity index is 428. The molecule has 1 aromatic carbocycles. The van der Waals surface area contributed by atoms with Gasteiger partial charge in [-0.2, -0.15) is 0 Å². The van der Waals surface area contributed by atoms with E-state index < -0.39 is 12.0 Å². The van der Waals surface area contributed by atoms with Crippen molar-refractivity contribution >= 4 is 11.9 Å². The minimum atomic E-state index is -0.658. The fraction of sp³-hybridized carbons (Fsp3) is 0.333. The zero-order valence-electron chi connectivity index (χ0n) is 11.1. The van der Waals surface area contributed by atoms with E-state index in [0.29, 0.717) is 12.8 Å². The van der Waals surface area contributed by atoms with Crippen LogP contribution in [0.3, 0.4) is 0 Å². The van der Waals surface area contributed by atoms with Gasteiger partial charge in [0.2, 0.25) is 5.91 Å². The number of nitrogens with one attached hydrogen (secondary N) is 1. The molecule has 0 bridgehead atoms. The smallest absolute Gasteiger partial charge is 0.329 e. The second-order valence-corrected chi connectivity index (χ2v) is 4.08. The first-order valence-electron chi connectivity index (χ1n) is 6.28. The first kappa shape index (κ1) is 15.0. The molecule has 1 N–H and O–H groups in total. The van der Waals surface area contributed by atoms with Crippen LogP contribution in [0.1, 0.15) is 18.9 Å². The van der Waals surface area contributed by atoms with Crippen LogP contribution >= 0.6 is 0 Å². The lowest BCUT2D eigenvalue weighted by Crippen LogP contribution is -2.43. The van der Waals surface area contributed by atoms with Crippen molar-refractivity contribution in [2.45, 2.75) is 25.8 Å². The number of ether oxygens (including phenoxy) is 1. The van der Waals surface area contributed by atoms with Crippen LogP contribution in [0, 0.1) is 0 Å². The lowest BCUT2D eigenvalue weighted by molar-refractivity contribution is -0.146. The second kappa shape index (κ2) is 8.08. The average Bonchev–Trinajstić information content (AvgIpc) is 2.44. The van der Waals surface area contributed by atoms with E-state index in [9.17, 15) is 9.59 Å². The van der Waals surface area contributed by atoms with Crippen LogP contribution in [0.2, 0.25) is 0 Å². The summed E-state index contributed by atoms with van der Waals surface area (Å²) in [7, 11) is 0. The molecule has 1 rings (SSSR count). The van der Waals surface area contributed by atoms with Crippen molar-refractivity contribution in [2.24, 2.45) is 0 Å². The Labute approximate surface area is 113 Å². The minimum absolute atomic E-state index is 0.145. The van der Waals surface area contributed by atoms with Gasteiger partial charge >= 0.3 is 5.97 Å². The number of carbonyl (C=O) groups excluding carboxylic acids is 2. The van der Waals surface area contributed by atoms with E-state index in [4.69, 9.17) is 4.74 Å². The molecule has 19 heavy (non-hydrogen) atoms. The van der Waals surface area contributed by atoms with Crippen molar-refractivity contribution in [1.82, 2.24) is 5.32 Å². The van der Waals surface area contributed by atoms with Crippen LogP contribution in [-0.4, -0.2) is 24.5 Å². The first-order chi connectivity index (χ1) is 9.17. The Morgan fingerprint density at radius 2 is 2.05 bits per heavy atom. The third-order valence-corrected chi connectivity index (χ3v) is 2.57. The van der Waals surface area contributed by atoms with Gasteiger partial charge in [0.15, 0.2) is 0 Å². The van der Waals surface area contributed by atoms with E-state index in [-0.39, 0.29) is 12.5 Å². The van der Waals surface area contributed by atoms with Crippen LogP contribution in [0.5, 0.6) is 0 Å². The molecule has 1 atom stereocenters. The first-order valence-corrected chi connectivity index (χ1v) is 6.28. The molecule has 0 aliphatic rings. The molecule has 102 valence electrons. The van der Waals surface area contributed by atoms with Crippen LogP contribution in [0.4, 0.5) is 0 Å². The summed E-state index contributed by atoms with van der Waals surface area (Å²) in [6.45, 7) is 5.37. The Balaban J connectivity index is 2.71. The molecule has 1 aromatic rings. The molecule has 0 saturated heterocycles. The second-order valence-electron chi connectivity index (χ2n) is 4.08. The maximum absolute atomic E-state index is 11.9. The largest absolute Gasteiger partial charge is 0.460 e. The average molecular weight is 261 g/mol. The monoisotopic (exact) mass is 261 g/mol. The SMILES string of the molecule is C=CCOC(=O)[C@H](Cc1ccccc1)NC(=O)CC. The zero-order valence-corrected chi connectivity index (χ0v) is 11.1.